The molecule has 0 spiro atoms. The summed E-state index contributed by atoms with van der Waals surface area (Å²) in [6.45, 7) is 3.26. The molecule has 0 aliphatic rings. The van der Waals surface area contributed by atoms with Gasteiger partial charge in [-0.05, 0) is 19.4 Å². The van der Waals surface area contributed by atoms with Crippen molar-refractivity contribution in [3.63, 3.8) is 0 Å². The van der Waals surface area contributed by atoms with E-state index in [1.54, 1.807) is 37.1 Å². The number of ether oxygens (including phenoxy) is 1. The van der Waals surface area contributed by atoms with E-state index in [-0.39, 0.29) is 42.9 Å². The summed E-state index contributed by atoms with van der Waals surface area (Å²) in [5, 5.41) is 20.8. The van der Waals surface area contributed by atoms with E-state index < -0.39 is 18.4 Å². The average Bonchev–Trinajstić information content (AvgIpc) is 3.10. The molecule has 0 fully saturated rings. The number of rotatable bonds is 8. The molecule has 0 aromatic carbocycles. The lowest BCUT2D eigenvalue weighted by Gasteiger charge is -2.23. The number of aromatic nitrogens is 3. The molecule has 1 unspecified atom stereocenters. The summed E-state index contributed by atoms with van der Waals surface area (Å²) >= 11 is 0. The van der Waals surface area contributed by atoms with Gasteiger partial charge in [0.15, 0.2) is 12.6 Å². The Balaban J connectivity index is 0.00000450. The van der Waals surface area contributed by atoms with Crippen LogP contribution in [0.15, 0.2) is 35.7 Å². The summed E-state index contributed by atoms with van der Waals surface area (Å²) < 4.78 is 42.7. The molecule has 2 aromatic heterocycles. The highest BCUT2D eigenvalue weighted by Gasteiger charge is 2.28. The quantitative estimate of drug-likeness (QED) is 0.269. The Morgan fingerprint density at radius 1 is 1.27 bits per heavy atom. The first-order chi connectivity index (χ1) is 13.6. The van der Waals surface area contributed by atoms with Gasteiger partial charge in [0, 0.05) is 37.6 Å². The van der Waals surface area contributed by atoms with Gasteiger partial charge in [-0.3, -0.25) is 4.68 Å². The van der Waals surface area contributed by atoms with Crippen LogP contribution in [0, 0.1) is 0 Å². The minimum Gasteiger partial charge on any atom is -0.468 e. The van der Waals surface area contributed by atoms with E-state index in [9.17, 15) is 18.3 Å². The van der Waals surface area contributed by atoms with Crippen molar-refractivity contribution in [2.24, 2.45) is 12.0 Å². The zero-order valence-electron chi connectivity index (χ0n) is 16.9. The molecule has 12 heteroatoms. The first kappa shape index (κ1) is 25.9. The number of alkyl halides is 3. The van der Waals surface area contributed by atoms with Crippen LogP contribution in [0.5, 0.6) is 5.88 Å². The fraction of sp³-hybridized carbons (Fsp3) is 0.500. The third-order valence-electron chi connectivity index (χ3n) is 3.87. The lowest BCUT2D eigenvalue weighted by atomic mass is 10.00. The van der Waals surface area contributed by atoms with Crippen molar-refractivity contribution in [2.45, 2.75) is 32.2 Å². The van der Waals surface area contributed by atoms with E-state index in [1.807, 2.05) is 6.92 Å². The highest BCUT2D eigenvalue weighted by atomic mass is 127. The Bertz CT molecular complexity index is 809. The Kier molecular flexibility index (Phi) is 9.81. The first-order valence-corrected chi connectivity index (χ1v) is 8.97. The van der Waals surface area contributed by atoms with E-state index in [2.05, 4.69) is 30.4 Å². The van der Waals surface area contributed by atoms with Crippen molar-refractivity contribution < 1.29 is 23.0 Å². The fourth-order valence-electron chi connectivity index (χ4n) is 2.31. The zero-order valence-corrected chi connectivity index (χ0v) is 19.2. The van der Waals surface area contributed by atoms with Crippen LogP contribution in [0.2, 0.25) is 0 Å². The van der Waals surface area contributed by atoms with Crippen LogP contribution in [0.1, 0.15) is 25.0 Å². The fourth-order valence-corrected chi connectivity index (χ4v) is 2.31. The molecule has 30 heavy (non-hydrogen) atoms. The number of halogens is 4. The topological polar surface area (TPSA) is 96.6 Å². The molecule has 168 valence electrons. The predicted octanol–water partition coefficient (Wildman–Crippen LogP) is 2.34. The molecular formula is C18H26F3IN6O2. The number of aryl methyl sites for hydroxylation is 1. The van der Waals surface area contributed by atoms with Gasteiger partial charge in [0.1, 0.15) is 5.60 Å². The van der Waals surface area contributed by atoms with E-state index >= 15 is 0 Å². The summed E-state index contributed by atoms with van der Waals surface area (Å²) in [5.41, 5.74) is 0.214. The van der Waals surface area contributed by atoms with E-state index in [4.69, 9.17) is 0 Å². The molecule has 8 nitrogen and oxygen atoms in total. The van der Waals surface area contributed by atoms with Gasteiger partial charge in [0.25, 0.3) is 0 Å². The minimum absolute atomic E-state index is 0. The molecule has 3 N–H and O–H groups in total. The van der Waals surface area contributed by atoms with E-state index in [1.165, 1.54) is 12.3 Å². The van der Waals surface area contributed by atoms with Crippen LogP contribution in [-0.2, 0) is 19.2 Å². The highest BCUT2D eigenvalue weighted by Crippen LogP contribution is 2.19. The monoisotopic (exact) mass is 542 g/mol. The van der Waals surface area contributed by atoms with Gasteiger partial charge < -0.3 is 20.5 Å². The number of nitrogens with zero attached hydrogens (tertiary/aromatic N) is 4. The molecule has 0 saturated heterocycles. The summed E-state index contributed by atoms with van der Waals surface area (Å²) in [6.07, 6.45) is 0.332. The maximum atomic E-state index is 12.2. The van der Waals surface area contributed by atoms with Gasteiger partial charge in [-0.25, -0.2) is 9.98 Å². The Morgan fingerprint density at radius 2 is 2.00 bits per heavy atom. The normalized spacial score (nSPS) is 13.9. The molecule has 0 radical (unpaired) electrons. The summed E-state index contributed by atoms with van der Waals surface area (Å²) in [6, 6.07) is 2.96. The third kappa shape index (κ3) is 8.73. The molecule has 0 amide bonds. The number of aliphatic hydroxyl groups is 1. The molecule has 0 bridgehead atoms. The third-order valence-corrected chi connectivity index (χ3v) is 3.87. The summed E-state index contributed by atoms with van der Waals surface area (Å²) in [4.78, 5) is 8.25. The number of hydrogen-bond donors (Lipinski definition) is 3. The molecule has 2 rings (SSSR count). The summed E-state index contributed by atoms with van der Waals surface area (Å²) in [7, 11) is 1.77. The van der Waals surface area contributed by atoms with E-state index in [0.29, 0.717) is 23.6 Å². The van der Waals surface area contributed by atoms with Crippen LogP contribution in [-0.4, -0.2) is 51.7 Å². The van der Waals surface area contributed by atoms with Crippen LogP contribution >= 0.6 is 24.0 Å². The van der Waals surface area contributed by atoms with Gasteiger partial charge in [-0.1, -0.05) is 6.07 Å². The molecule has 1 atom stereocenters. The number of nitrogens with one attached hydrogen (secondary N) is 2. The second kappa shape index (κ2) is 11.3. The Labute approximate surface area is 190 Å². The van der Waals surface area contributed by atoms with Crippen molar-refractivity contribution in [1.29, 1.82) is 0 Å². The van der Waals surface area contributed by atoms with Crippen molar-refractivity contribution >= 4 is 29.9 Å². The largest absolute Gasteiger partial charge is 0.468 e. The second-order valence-electron chi connectivity index (χ2n) is 6.63. The predicted molar refractivity (Wildman–Crippen MR) is 117 cm³/mol. The van der Waals surface area contributed by atoms with Crippen LogP contribution in [0.4, 0.5) is 13.2 Å². The lowest BCUT2D eigenvalue weighted by molar-refractivity contribution is -0.154. The van der Waals surface area contributed by atoms with Crippen molar-refractivity contribution in [1.82, 2.24) is 25.4 Å². The summed E-state index contributed by atoms with van der Waals surface area (Å²) in [5.74, 6) is 0.377. The SMILES string of the molecule is CCNC(=NCc1ccc(OCC(F)(F)F)nc1)NCC(C)(O)c1cnn(C)c1.I. The van der Waals surface area contributed by atoms with Crippen LogP contribution in [0.3, 0.4) is 0 Å². The Hall–Kier alpha value is -2.09. The average molecular weight is 542 g/mol. The Morgan fingerprint density at radius 3 is 2.53 bits per heavy atom. The van der Waals surface area contributed by atoms with Crippen LogP contribution in [0.25, 0.3) is 0 Å². The van der Waals surface area contributed by atoms with Gasteiger partial charge in [0.2, 0.25) is 5.88 Å². The van der Waals surface area contributed by atoms with Gasteiger partial charge in [-0.15, -0.1) is 24.0 Å². The number of pyridine rings is 1. The van der Waals surface area contributed by atoms with Gasteiger partial charge >= 0.3 is 6.18 Å². The van der Waals surface area contributed by atoms with Crippen molar-refractivity contribution in [3.05, 3.63) is 41.9 Å². The minimum atomic E-state index is -4.41. The number of hydrogen-bond acceptors (Lipinski definition) is 5. The number of aliphatic imine (C=N–C) groups is 1. The smallest absolute Gasteiger partial charge is 0.422 e. The molecular weight excluding hydrogens is 516 g/mol. The zero-order chi connectivity index (χ0) is 21.5. The molecule has 0 aliphatic carbocycles. The van der Waals surface area contributed by atoms with Crippen LogP contribution < -0.4 is 15.4 Å². The standard InChI is InChI=1S/C18H25F3N6O2.HI/c1-4-22-16(25-11-17(2,28)14-9-26-27(3)10-14)24-8-13-5-6-15(23-7-13)29-12-18(19,20)21;/h5-7,9-10,28H,4,8,11-12H2,1-3H3,(H2,22,24,25);1H. The van der Waals surface area contributed by atoms with Crippen molar-refractivity contribution in [3.8, 4) is 5.88 Å². The molecule has 0 saturated carbocycles. The van der Waals surface area contributed by atoms with Gasteiger partial charge in [-0.2, -0.15) is 18.3 Å². The number of guanidine groups is 1. The van der Waals surface area contributed by atoms with E-state index in [0.717, 1.165) is 0 Å². The molecule has 0 aliphatic heterocycles. The lowest BCUT2D eigenvalue weighted by Crippen LogP contribution is -2.44. The maximum Gasteiger partial charge on any atom is 0.422 e. The van der Waals surface area contributed by atoms with Crippen molar-refractivity contribution in [2.75, 3.05) is 19.7 Å². The first-order valence-electron chi connectivity index (χ1n) is 8.97. The molecule has 2 heterocycles. The maximum absolute atomic E-state index is 12.2. The molecule has 2 aromatic rings. The highest BCUT2D eigenvalue weighted by molar-refractivity contribution is 14.0. The van der Waals surface area contributed by atoms with Gasteiger partial charge in [0.05, 0.1) is 19.3 Å². The second-order valence-corrected chi connectivity index (χ2v) is 6.63.